The molecule has 0 atom stereocenters. The van der Waals surface area contributed by atoms with Crippen LogP contribution >= 0.6 is 0 Å². The quantitative estimate of drug-likeness (QED) is 0.923. The zero-order valence-electron chi connectivity index (χ0n) is 11.3. The van der Waals surface area contributed by atoms with Gasteiger partial charge >= 0.3 is 6.18 Å². The highest BCUT2D eigenvalue weighted by Crippen LogP contribution is 2.34. The van der Waals surface area contributed by atoms with Crippen molar-refractivity contribution in [1.29, 1.82) is 0 Å². The third-order valence-electron chi connectivity index (χ3n) is 3.07. The molecule has 0 aliphatic heterocycles. The molecule has 0 aliphatic rings. The molecule has 0 unspecified atom stereocenters. The molecule has 108 valence electrons. The first kappa shape index (κ1) is 14.4. The molecule has 6 heteroatoms. The Hall–Kier alpha value is -1.98. The summed E-state index contributed by atoms with van der Waals surface area (Å²) in [6.45, 7) is 4.86. The van der Waals surface area contributed by atoms with E-state index in [1.54, 1.807) is 10.7 Å². The number of nitrogens with zero attached hydrogens (tertiary/aromatic N) is 2. The van der Waals surface area contributed by atoms with Gasteiger partial charge in [-0.05, 0) is 26.0 Å². The third-order valence-corrected chi connectivity index (χ3v) is 3.07. The van der Waals surface area contributed by atoms with Gasteiger partial charge in [-0.2, -0.15) is 18.3 Å². The first-order chi connectivity index (χ1) is 9.41. The molecular formula is C14H16F3N3. The Morgan fingerprint density at radius 3 is 2.55 bits per heavy atom. The standard InChI is InChI=1S/C14H16F3N3/c1-3-20-9-11(10(2)19-20)8-18-13-7-5-4-6-12(13)14(15,16)17/h4-7,9,18H,3,8H2,1-2H3. The zero-order valence-corrected chi connectivity index (χ0v) is 11.3. The molecule has 20 heavy (non-hydrogen) atoms. The molecule has 1 heterocycles. The highest BCUT2D eigenvalue weighted by molar-refractivity contribution is 5.52. The van der Waals surface area contributed by atoms with E-state index >= 15 is 0 Å². The van der Waals surface area contributed by atoms with E-state index in [1.165, 1.54) is 12.1 Å². The van der Waals surface area contributed by atoms with Gasteiger partial charge in [-0.3, -0.25) is 4.68 Å². The number of para-hydroxylation sites is 1. The van der Waals surface area contributed by atoms with E-state index in [0.29, 0.717) is 6.54 Å². The van der Waals surface area contributed by atoms with Crippen LogP contribution in [0.4, 0.5) is 18.9 Å². The van der Waals surface area contributed by atoms with Crippen LogP contribution in [-0.4, -0.2) is 9.78 Å². The van der Waals surface area contributed by atoms with Crippen LogP contribution < -0.4 is 5.32 Å². The Balaban J connectivity index is 2.17. The summed E-state index contributed by atoms with van der Waals surface area (Å²) < 4.78 is 40.3. The predicted octanol–water partition coefficient (Wildman–Crippen LogP) is 3.84. The highest BCUT2D eigenvalue weighted by Gasteiger charge is 2.33. The SMILES string of the molecule is CCn1cc(CNc2ccccc2C(F)(F)F)c(C)n1. The molecule has 2 aromatic rings. The molecule has 0 fully saturated rings. The second-order valence-corrected chi connectivity index (χ2v) is 4.49. The number of hydrogen-bond acceptors (Lipinski definition) is 2. The van der Waals surface area contributed by atoms with Crippen LogP contribution in [0.15, 0.2) is 30.5 Å². The smallest absolute Gasteiger partial charge is 0.380 e. The zero-order chi connectivity index (χ0) is 14.8. The average molecular weight is 283 g/mol. The van der Waals surface area contributed by atoms with E-state index in [-0.39, 0.29) is 5.69 Å². The molecule has 0 saturated heterocycles. The first-order valence-electron chi connectivity index (χ1n) is 6.35. The maximum absolute atomic E-state index is 12.9. The predicted molar refractivity (Wildman–Crippen MR) is 71.4 cm³/mol. The second kappa shape index (κ2) is 5.56. The van der Waals surface area contributed by atoms with Gasteiger partial charge in [0.2, 0.25) is 0 Å². The van der Waals surface area contributed by atoms with Gasteiger partial charge in [0.05, 0.1) is 11.3 Å². The molecule has 0 aliphatic carbocycles. The highest BCUT2D eigenvalue weighted by atomic mass is 19.4. The van der Waals surface area contributed by atoms with Crippen LogP contribution in [0.1, 0.15) is 23.7 Å². The molecule has 0 amide bonds. The Morgan fingerprint density at radius 2 is 1.95 bits per heavy atom. The number of hydrogen-bond donors (Lipinski definition) is 1. The van der Waals surface area contributed by atoms with Crippen LogP contribution in [-0.2, 0) is 19.3 Å². The summed E-state index contributed by atoms with van der Waals surface area (Å²) in [5, 5.41) is 7.11. The summed E-state index contributed by atoms with van der Waals surface area (Å²) in [4.78, 5) is 0. The molecule has 0 bridgehead atoms. The number of rotatable bonds is 4. The summed E-state index contributed by atoms with van der Waals surface area (Å²) in [6.07, 6.45) is -2.51. The van der Waals surface area contributed by atoms with Crippen molar-refractivity contribution in [3.8, 4) is 0 Å². The monoisotopic (exact) mass is 283 g/mol. The van der Waals surface area contributed by atoms with Gasteiger partial charge in [0.25, 0.3) is 0 Å². The van der Waals surface area contributed by atoms with E-state index in [4.69, 9.17) is 0 Å². The summed E-state index contributed by atoms with van der Waals surface area (Å²) in [7, 11) is 0. The van der Waals surface area contributed by atoms with Crippen LogP contribution in [0.5, 0.6) is 0 Å². The fraction of sp³-hybridized carbons (Fsp3) is 0.357. The van der Waals surface area contributed by atoms with Crippen LogP contribution in [0, 0.1) is 6.92 Å². The summed E-state index contributed by atoms with van der Waals surface area (Å²) in [6, 6.07) is 5.47. The van der Waals surface area contributed by atoms with Gasteiger partial charge < -0.3 is 5.32 Å². The van der Waals surface area contributed by atoms with E-state index in [0.717, 1.165) is 23.9 Å². The largest absolute Gasteiger partial charge is 0.418 e. The maximum atomic E-state index is 12.9. The van der Waals surface area contributed by atoms with Crippen LogP contribution in [0.25, 0.3) is 0 Å². The lowest BCUT2D eigenvalue weighted by Crippen LogP contribution is -2.10. The van der Waals surface area contributed by atoms with Crippen molar-refractivity contribution in [3.05, 3.63) is 47.3 Å². The Morgan fingerprint density at radius 1 is 1.25 bits per heavy atom. The molecule has 0 spiro atoms. The van der Waals surface area contributed by atoms with Crippen molar-refractivity contribution >= 4 is 5.69 Å². The van der Waals surface area contributed by atoms with Gasteiger partial charge in [-0.1, -0.05) is 12.1 Å². The van der Waals surface area contributed by atoms with Crippen molar-refractivity contribution < 1.29 is 13.2 Å². The summed E-state index contributed by atoms with van der Waals surface area (Å²) in [5.41, 5.74) is 1.15. The Kier molecular flexibility index (Phi) is 4.01. The topological polar surface area (TPSA) is 29.9 Å². The van der Waals surface area contributed by atoms with Gasteiger partial charge in [0, 0.05) is 30.5 Å². The molecule has 0 saturated carbocycles. The van der Waals surface area contributed by atoms with Crippen molar-refractivity contribution in [3.63, 3.8) is 0 Å². The normalized spacial score (nSPS) is 11.7. The number of halogens is 3. The molecule has 0 radical (unpaired) electrons. The lowest BCUT2D eigenvalue weighted by Gasteiger charge is -2.14. The second-order valence-electron chi connectivity index (χ2n) is 4.49. The number of alkyl halides is 3. The summed E-state index contributed by atoms with van der Waals surface area (Å²) in [5.74, 6) is 0. The minimum Gasteiger partial charge on any atom is -0.380 e. The van der Waals surface area contributed by atoms with Gasteiger partial charge in [0.1, 0.15) is 0 Å². The number of nitrogens with one attached hydrogen (secondary N) is 1. The lowest BCUT2D eigenvalue weighted by atomic mass is 10.1. The van der Waals surface area contributed by atoms with Gasteiger partial charge in [0.15, 0.2) is 0 Å². The number of aryl methyl sites for hydroxylation is 2. The molecular weight excluding hydrogens is 267 g/mol. The maximum Gasteiger partial charge on any atom is 0.418 e. The molecule has 1 N–H and O–H groups in total. The number of aromatic nitrogens is 2. The lowest BCUT2D eigenvalue weighted by molar-refractivity contribution is -0.136. The fourth-order valence-electron chi connectivity index (χ4n) is 1.97. The fourth-order valence-corrected chi connectivity index (χ4v) is 1.97. The van der Waals surface area contributed by atoms with Gasteiger partial charge in [-0.15, -0.1) is 0 Å². The van der Waals surface area contributed by atoms with E-state index < -0.39 is 11.7 Å². The Bertz CT molecular complexity index is 588. The molecule has 3 nitrogen and oxygen atoms in total. The molecule has 1 aromatic carbocycles. The summed E-state index contributed by atoms with van der Waals surface area (Å²) >= 11 is 0. The van der Waals surface area contributed by atoms with Crippen molar-refractivity contribution in [2.75, 3.05) is 5.32 Å². The van der Waals surface area contributed by atoms with Crippen molar-refractivity contribution in [1.82, 2.24) is 9.78 Å². The van der Waals surface area contributed by atoms with Crippen LogP contribution in [0.3, 0.4) is 0 Å². The molecule has 1 aromatic heterocycles. The van der Waals surface area contributed by atoms with E-state index in [2.05, 4.69) is 10.4 Å². The number of anilines is 1. The Labute approximate surface area is 115 Å². The first-order valence-corrected chi connectivity index (χ1v) is 6.35. The molecule has 2 rings (SSSR count). The third kappa shape index (κ3) is 3.12. The van der Waals surface area contributed by atoms with Crippen molar-refractivity contribution in [2.45, 2.75) is 33.1 Å². The average Bonchev–Trinajstić information content (AvgIpc) is 2.76. The van der Waals surface area contributed by atoms with E-state index in [1.807, 2.05) is 20.0 Å². The van der Waals surface area contributed by atoms with Crippen LogP contribution in [0.2, 0.25) is 0 Å². The minimum absolute atomic E-state index is 0.0867. The van der Waals surface area contributed by atoms with E-state index in [9.17, 15) is 13.2 Å². The minimum atomic E-state index is -4.35. The van der Waals surface area contributed by atoms with Gasteiger partial charge in [-0.25, -0.2) is 0 Å². The van der Waals surface area contributed by atoms with Crippen molar-refractivity contribution in [2.24, 2.45) is 0 Å². The number of benzene rings is 1.